The number of nitrogens with two attached hydrogens (primary N) is 1. The maximum atomic E-state index is 5.43. The van der Waals surface area contributed by atoms with Gasteiger partial charge in [-0.3, -0.25) is 0 Å². The number of nitrogens with one attached hydrogen (secondary N) is 1. The highest BCUT2D eigenvalue weighted by molar-refractivity contribution is 4.82. The highest BCUT2D eigenvalue weighted by Gasteiger charge is 2.27. The molecule has 2 heteroatoms. The molecule has 0 aromatic carbocycles. The summed E-state index contributed by atoms with van der Waals surface area (Å²) < 4.78 is 0. The second kappa shape index (κ2) is 5.61. The van der Waals surface area contributed by atoms with E-state index in [0.717, 1.165) is 19.5 Å². The van der Waals surface area contributed by atoms with Crippen LogP contribution in [0.25, 0.3) is 0 Å². The Morgan fingerprint density at radius 3 is 2.54 bits per heavy atom. The van der Waals surface area contributed by atoms with Gasteiger partial charge in [0.1, 0.15) is 0 Å². The summed E-state index contributed by atoms with van der Waals surface area (Å²) in [4.78, 5) is 0. The Hall–Kier alpha value is -0.0800. The third-order valence-electron chi connectivity index (χ3n) is 3.17. The van der Waals surface area contributed by atoms with E-state index < -0.39 is 0 Å². The zero-order valence-electron chi connectivity index (χ0n) is 8.94. The average molecular weight is 184 g/mol. The first kappa shape index (κ1) is 11.0. The van der Waals surface area contributed by atoms with Crippen LogP contribution in [-0.4, -0.2) is 19.6 Å². The quantitative estimate of drug-likeness (QED) is 0.619. The first-order valence-corrected chi connectivity index (χ1v) is 5.68. The van der Waals surface area contributed by atoms with Gasteiger partial charge in [-0.05, 0) is 44.2 Å². The number of hydrogen-bond acceptors (Lipinski definition) is 2. The zero-order valence-corrected chi connectivity index (χ0v) is 8.94. The van der Waals surface area contributed by atoms with E-state index in [-0.39, 0.29) is 0 Å². The van der Waals surface area contributed by atoms with E-state index in [1.54, 1.807) is 0 Å². The smallest absolute Gasteiger partial charge is 0.000516 e. The van der Waals surface area contributed by atoms with Crippen LogP contribution in [0.3, 0.4) is 0 Å². The van der Waals surface area contributed by atoms with Crippen molar-refractivity contribution in [1.29, 1.82) is 0 Å². The molecule has 1 fully saturated rings. The molecule has 3 N–H and O–H groups in total. The maximum absolute atomic E-state index is 5.43. The van der Waals surface area contributed by atoms with E-state index in [1.807, 2.05) is 0 Å². The van der Waals surface area contributed by atoms with Gasteiger partial charge in [0.05, 0.1) is 0 Å². The normalized spacial score (nSPS) is 20.8. The summed E-state index contributed by atoms with van der Waals surface area (Å²) in [6.07, 6.45) is 8.08. The molecule has 1 saturated carbocycles. The second-order valence-electron chi connectivity index (χ2n) is 4.69. The molecule has 2 nitrogen and oxygen atoms in total. The van der Waals surface area contributed by atoms with Crippen molar-refractivity contribution in [2.75, 3.05) is 19.6 Å². The van der Waals surface area contributed by atoms with Gasteiger partial charge in [-0.2, -0.15) is 0 Å². The van der Waals surface area contributed by atoms with Crippen molar-refractivity contribution < 1.29 is 0 Å². The Morgan fingerprint density at radius 2 is 1.92 bits per heavy atom. The molecule has 0 aliphatic heterocycles. The summed E-state index contributed by atoms with van der Waals surface area (Å²) in [6.45, 7) is 5.60. The molecule has 0 atom stereocenters. The SMILES string of the molecule is CC1(CNCCCCN)CCCC1. The Morgan fingerprint density at radius 1 is 1.23 bits per heavy atom. The van der Waals surface area contributed by atoms with Gasteiger partial charge in [0.25, 0.3) is 0 Å². The molecule has 0 unspecified atom stereocenters. The molecule has 78 valence electrons. The lowest BCUT2D eigenvalue weighted by Crippen LogP contribution is -2.30. The van der Waals surface area contributed by atoms with Crippen molar-refractivity contribution in [3.63, 3.8) is 0 Å². The van der Waals surface area contributed by atoms with Crippen LogP contribution in [0.1, 0.15) is 45.4 Å². The predicted molar refractivity (Wildman–Crippen MR) is 57.7 cm³/mol. The van der Waals surface area contributed by atoms with Crippen LogP contribution in [0.4, 0.5) is 0 Å². The van der Waals surface area contributed by atoms with E-state index in [4.69, 9.17) is 5.73 Å². The molecule has 0 aromatic heterocycles. The fraction of sp³-hybridized carbons (Fsp3) is 1.00. The Labute approximate surface area is 82.3 Å². The van der Waals surface area contributed by atoms with E-state index in [0.29, 0.717) is 5.41 Å². The standard InChI is InChI=1S/C11H24N2/c1-11(6-2-3-7-11)10-13-9-5-4-8-12/h13H,2-10,12H2,1H3. The van der Waals surface area contributed by atoms with E-state index >= 15 is 0 Å². The summed E-state index contributed by atoms with van der Waals surface area (Å²) in [7, 11) is 0. The van der Waals surface area contributed by atoms with Crippen molar-refractivity contribution in [2.24, 2.45) is 11.1 Å². The Bertz CT molecular complexity index is 128. The first-order chi connectivity index (χ1) is 6.27. The summed E-state index contributed by atoms with van der Waals surface area (Å²) >= 11 is 0. The van der Waals surface area contributed by atoms with E-state index in [9.17, 15) is 0 Å². The molecule has 1 aliphatic rings. The van der Waals surface area contributed by atoms with Gasteiger partial charge in [0.15, 0.2) is 0 Å². The van der Waals surface area contributed by atoms with Crippen molar-refractivity contribution in [2.45, 2.75) is 45.4 Å². The number of unbranched alkanes of at least 4 members (excludes halogenated alkanes) is 1. The highest BCUT2D eigenvalue weighted by Crippen LogP contribution is 2.36. The van der Waals surface area contributed by atoms with Crippen LogP contribution in [0, 0.1) is 5.41 Å². The third-order valence-corrected chi connectivity index (χ3v) is 3.17. The predicted octanol–water partition coefficient (Wildman–Crippen LogP) is 1.90. The lowest BCUT2D eigenvalue weighted by atomic mass is 9.89. The fourth-order valence-corrected chi connectivity index (χ4v) is 2.19. The average Bonchev–Trinajstić information content (AvgIpc) is 2.53. The van der Waals surface area contributed by atoms with Crippen LogP contribution in [0.5, 0.6) is 0 Å². The van der Waals surface area contributed by atoms with E-state index in [2.05, 4.69) is 12.2 Å². The molecular formula is C11H24N2. The molecule has 0 bridgehead atoms. The minimum absolute atomic E-state index is 0.600. The van der Waals surface area contributed by atoms with Gasteiger partial charge in [0.2, 0.25) is 0 Å². The molecule has 1 aliphatic carbocycles. The summed E-state index contributed by atoms with van der Waals surface area (Å²) in [5.41, 5.74) is 6.03. The van der Waals surface area contributed by atoms with Gasteiger partial charge >= 0.3 is 0 Å². The van der Waals surface area contributed by atoms with Gasteiger partial charge in [-0.1, -0.05) is 19.8 Å². The summed E-state index contributed by atoms with van der Waals surface area (Å²) in [6, 6.07) is 0. The van der Waals surface area contributed by atoms with Crippen molar-refractivity contribution in [1.82, 2.24) is 5.32 Å². The minimum Gasteiger partial charge on any atom is -0.330 e. The molecule has 0 heterocycles. The molecule has 0 spiro atoms. The Balaban J connectivity index is 1.98. The lowest BCUT2D eigenvalue weighted by molar-refractivity contribution is 0.315. The maximum Gasteiger partial charge on any atom is 0.000516 e. The first-order valence-electron chi connectivity index (χ1n) is 5.68. The van der Waals surface area contributed by atoms with Crippen LogP contribution in [0.15, 0.2) is 0 Å². The monoisotopic (exact) mass is 184 g/mol. The molecular weight excluding hydrogens is 160 g/mol. The number of rotatable bonds is 6. The van der Waals surface area contributed by atoms with E-state index in [1.165, 1.54) is 38.6 Å². The van der Waals surface area contributed by atoms with Gasteiger partial charge < -0.3 is 11.1 Å². The molecule has 0 aromatic rings. The lowest BCUT2D eigenvalue weighted by Gasteiger charge is -2.23. The van der Waals surface area contributed by atoms with Gasteiger partial charge in [-0.25, -0.2) is 0 Å². The molecule has 1 rings (SSSR count). The fourth-order valence-electron chi connectivity index (χ4n) is 2.19. The summed E-state index contributed by atoms with van der Waals surface area (Å²) in [5, 5.41) is 3.55. The van der Waals surface area contributed by atoms with Crippen LogP contribution < -0.4 is 11.1 Å². The summed E-state index contributed by atoms with van der Waals surface area (Å²) in [5.74, 6) is 0. The van der Waals surface area contributed by atoms with Crippen LogP contribution >= 0.6 is 0 Å². The van der Waals surface area contributed by atoms with Crippen molar-refractivity contribution in [3.8, 4) is 0 Å². The van der Waals surface area contributed by atoms with Crippen molar-refractivity contribution in [3.05, 3.63) is 0 Å². The second-order valence-corrected chi connectivity index (χ2v) is 4.69. The van der Waals surface area contributed by atoms with Gasteiger partial charge in [-0.15, -0.1) is 0 Å². The van der Waals surface area contributed by atoms with Crippen LogP contribution in [-0.2, 0) is 0 Å². The minimum atomic E-state index is 0.600. The van der Waals surface area contributed by atoms with Crippen molar-refractivity contribution >= 4 is 0 Å². The zero-order chi connectivity index (χ0) is 9.57. The third kappa shape index (κ3) is 4.10. The highest BCUT2D eigenvalue weighted by atomic mass is 14.9. The number of hydrogen-bond donors (Lipinski definition) is 2. The van der Waals surface area contributed by atoms with Crippen LogP contribution in [0.2, 0.25) is 0 Å². The molecule has 0 amide bonds. The topological polar surface area (TPSA) is 38.0 Å². The van der Waals surface area contributed by atoms with Gasteiger partial charge in [0, 0.05) is 6.54 Å². The molecule has 0 saturated heterocycles. The largest absolute Gasteiger partial charge is 0.330 e. The molecule has 0 radical (unpaired) electrons. The molecule has 13 heavy (non-hydrogen) atoms. The Kier molecular flexibility index (Phi) is 4.74.